The van der Waals surface area contributed by atoms with Crippen molar-refractivity contribution in [3.63, 3.8) is 0 Å². The second-order valence-electron chi connectivity index (χ2n) is 9.99. The molecule has 0 saturated heterocycles. The highest BCUT2D eigenvalue weighted by Crippen LogP contribution is 2.50. The van der Waals surface area contributed by atoms with Crippen molar-refractivity contribution in [1.82, 2.24) is 0 Å². The van der Waals surface area contributed by atoms with E-state index in [1.807, 2.05) is 6.07 Å². The minimum absolute atomic E-state index is 0.0104. The molecule has 1 heterocycles. The van der Waals surface area contributed by atoms with E-state index in [-0.39, 0.29) is 5.41 Å². The summed E-state index contributed by atoms with van der Waals surface area (Å²) in [5, 5.41) is 2.25. The Balaban J connectivity index is 1.43. The Bertz CT molecular complexity index is 1780. The third-order valence-electron chi connectivity index (χ3n) is 7.52. The Morgan fingerprint density at radius 1 is 0.583 bits per heavy atom. The number of para-hydroxylation sites is 1. The smallest absolute Gasteiger partial charge is 0.137 e. The van der Waals surface area contributed by atoms with E-state index in [2.05, 4.69) is 138 Å². The van der Waals surface area contributed by atoms with Crippen molar-refractivity contribution in [2.75, 3.05) is 4.90 Å². The Labute approximate surface area is 218 Å². The third-order valence-corrected chi connectivity index (χ3v) is 8.01. The van der Waals surface area contributed by atoms with Gasteiger partial charge in [-0.05, 0) is 76.9 Å². The van der Waals surface area contributed by atoms with E-state index < -0.39 is 0 Å². The van der Waals surface area contributed by atoms with Crippen LogP contribution in [0.1, 0.15) is 25.0 Å². The van der Waals surface area contributed by atoms with Crippen molar-refractivity contribution in [2.24, 2.45) is 0 Å². The topological polar surface area (TPSA) is 16.4 Å². The van der Waals surface area contributed by atoms with Crippen molar-refractivity contribution in [3.05, 3.63) is 125 Å². The number of hydrogen-bond donors (Lipinski definition) is 0. The molecule has 3 heteroatoms. The van der Waals surface area contributed by atoms with Gasteiger partial charge in [-0.25, -0.2) is 0 Å². The number of anilines is 3. The molecule has 6 aromatic rings. The number of furan rings is 1. The molecular weight excluding hydrogens is 506 g/mol. The van der Waals surface area contributed by atoms with Crippen LogP contribution < -0.4 is 4.90 Å². The summed E-state index contributed by atoms with van der Waals surface area (Å²) in [5.41, 5.74) is 10.5. The lowest BCUT2D eigenvalue weighted by Crippen LogP contribution is -2.15. The quantitative estimate of drug-likeness (QED) is 0.226. The molecule has 1 aromatic heterocycles. The van der Waals surface area contributed by atoms with Crippen LogP contribution >= 0.6 is 15.9 Å². The number of halogens is 1. The molecule has 0 bridgehead atoms. The van der Waals surface area contributed by atoms with E-state index in [0.29, 0.717) is 0 Å². The molecule has 36 heavy (non-hydrogen) atoms. The van der Waals surface area contributed by atoms with E-state index in [1.54, 1.807) is 0 Å². The summed E-state index contributed by atoms with van der Waals surface area (Å²) >= 11 is 3.56. The average molecular weight is 530 g/mol. The fraction of sp³-hybridized carbons (Fsp3) is 0.0909. The lowest BCUT2D eigenvalue weighted by atomic mass is 9.82. The summed E-state index contributed by atoms with van der Waals surface area (Å²) in [6.07, 6.45) is 0. The maximum atomic E-state index is 6.29. The molecule has 0 atom stereocenters. The van der Waals surface area contributed by atoms with E-state index >= 15 is 0 Å². The zero-order valence-corrected chi connectivity index (χ0v) is 21.7. The lowest BCUT2D eigenvalue weighted by Gasteiger charge is -2.27. The van der Waals surface area contributed by atoms with E-state index in [9.17, 15) is 0 Å². The molecule has 0 amide bonds. The molecule has 0 fully saturated rings. The Morgan fingerprint density at radius 3 is 2.06 bits per heavy atom. The monoisotopic (exact) mass is 529 g/mol. The van der Waals surface area contributed by atoms with E-state index in [4.69, 9.17) is 4.42 Å². The summed E-state index contributed by atoms with van der Waals surface area (Å²) in [5.74, 6) is 0. The summed E-state index contributed by atoms with van der Waals surface area (Å²) in [6.45, 7) is 4.64. The van der Waals surface area contributed by atoms with Crippen LogP contribution in [-0.4, -0.2) is 0 Å². The highest BCUT2D eigenvalue weighted by atomic mass is 79.9. The van der Waals surface area contributed by atoms with Crippen molar-refractivity contribution in [1.29, 1.82) is 0 Å². The van der Waals surface area contributed by atoms with Crippen LogP contribution in [0.3, 0.4) is 0 Å². The van der Waals surface area contributed by atoms with Gasteiger partial charge < -0.3 is 9.32 Å². The molecule has 0 spiro atoms. The molecule has 1 aliphatic rings. The summed E-state index contributed by atoms with van der Waals surface area (Å²) < 4.78 is 7.30. The van der Waals surface area contributed by atoms with Crippen molar-refractivity contribution < 1.29 is 4.42 Å². The fourth-order valence-corrected chi connectivity index (χ4v) is 6.09. The van der Waals surface area contributed by atoms with Gasteiger partial charge in [-0.1, -0.05) is 78.3 Å². The summed E-state index contributed by atoms with van der Waals surface area (Å²) in [6, 6.07) is 39.0. The summed E-state index contributed by atoms with van der Waals surface area (Å²) in [7, 11) is 0. The largest absolute Gasteiger partial charge is 0.456 e. The van der Waals surface area contributed by atoms with Crippen LogP contribution in [0.4, 0.5) is 17.1 Å². The minimum Gasteiger partial charge on any atom is -0.456 e. The maximum absolute atomic E-state index is 6.29. The molecular formula is C33H24BrNO. The van der Waals surface area contributed by atoms with Crippen LogP contribution in [0.2, 0.25) is 0 Å². The average Bonchev–Trinajstić information content (AvgIpc) is 3.36. The number of hydrogen-bond acceptors (Lipinski definition) is 2. The minimum atomic E-state index is -0.0104. The van der Waals surface area contributed by atoms with Crippen molar-refractivity contribution >= 4 is 54.9 Å². The first-order chi connectivity index (χ1) is 17.5. The first-order valence-corrected chi connectivity index (χ1v) is 13.0. The Morgan fingerprint density at radius 2 is 1.22 bits per heavy atom. The number of benzene rings is 5. The first-order valence-electron chi connectivity index (χ1n) is 12.2. The second-order valence-corrected chi connectivity index (χ2v) is 10.9. The SMILES string of the molecule is CC1(C)c2ccccc2-c2cc(N(c3ccccc3)c3ccc4c(c3)oc3cc(Br)ccc34)ccc21. The summed E-state index contributed by atoms with van der Waals surface area (Å²) in [4.78, 5) is 2.32. The van der Waals surface area contributed by atoms with Crippen LogP contribution in [0, 0.1) is 0 Å². The number of rotatable bonds is 3. The second kappa shape index (κ2) is 7.84. The first kappa shape index (κ1) is 21.5. The lowest BCUT2D eigenvalue weighted by molar-refractivity contribution is 0.660. The molecule has 0 saturated carbocycles. The Hall–Kier alpha value is -3.82. The molecule has 2 nitrogen and oxygen atoms in total. The highest BCUT2D eigenvalue weighted by molar-refractivity contribution is 9.10. The van der Waals surface area contributed by atoms with E-state index in [1.165, 1.54) is 22.3 Å². The van der Waals surface area contributed by atoms with Crippen molar-refractivity contribution in [2.45, 2.75) is 19.3 Å². The zero-order chi connectivity index (χ0) is 24.4. The third kappa shape index (κ3) is 3.16. The molecule has 0 unspecified atom stereocenters. The molecule has 1 aliphatic carbocycles. The van der Waals surface area contributed by atoms with Crippen LogP contribution in [0.15, 0.2) is 118 Å². The van der Waals surface area contributed by atoms with Gasteiger partial charge in [0.1, 0.15) is 11.2 Å². The molecule has 5 aromatic carbocycles. The van der Waals surface area contributed by atoms with Gasteiger partial charge in [0.15, 0.2) is 0 Å². The normalized spacial score (nSPS) is 13.6. The standard InChI is InChI=1S/C33H24BrNO/c1-33(2)29-11-7-6-10-25(29)28-19-23(14-17-30(28)33)35(22-8-4-3-5-9-22)24-13-16-27-26-15-12-21(34)18-31(26)36-32(27)20-24/h3-20H,1-2H3. The van der Waals surface area contributed by atoms with Gasteiger partial charge >= 0.3 is 0 Å². The van der Waals surface area contributed by atoms with Crippen LogP contribution in [0.5, 0.6) is 0 Å². The van der Waals surface area contributed by atoms with Crippen molar-refractivity contribution in [3.8, 4) is 11.1 Å². The Kier molecular flexibility index (Phi) is 4.67. The molecule has 174 valence electrons. The van der Waals surface area contributed by atoms with Gasteiger partial charge in [0.05, 0.1) is 0 Å². The van der Waals surface area contributed by atoms with E-state index in [0.717, 1.165) is 43.5 Å². The number of fused-ring (bicyclic) bond motifs is 6. The van der Waals surface area contributed by atoms with Gasteiger partial charge in [-0.15, -0.1) is 0 Å². The molecule has 0 N–H and O–H groups in total. The molecule has 7 rings (SSSR count). The molecule has 0 aliphatic heterocycles. The maximum Gasteiger partial charge on any atom is 0.137 e. The van der Waals surface area contributed by atoms with Gasteiger partial charge in [0.2, 0.25) is 0 Å². The predicted octanol–water partition coefficient (Wildman–Crippen LogP) is 10.1. The zero-order valence-electron chi connectivity index (χ0n) is 20.1. The number of nitrogens with zero attached hydrogens (tertiary/aromatic N) is 1. The highest BCUT2D eigenvalue weighted by Gasteiger charge is 2.35. The van der Waals surface area contributed by atoms with Gasteiger partial charge in [0, 0.05) is 43.8 Å². The fourth-order valence-electron chi connectivity index (χ4n) is 5.75. The van der Waals surface area contributed by atoms with Gasteiger partial charge in [-0.3, -0.25) is 0 Å². The van der Waals surface area contributed by atoms with Crippen LogP contribution in [0.25, 0.3) is 33.1 Å². The van der Waals surface area contributed by atoms with Gasteiger partial charge in [0.25, 0.3) is 0 Å². The van der Waals surface area contributed by atoms with Crippen LogP contribution in [-0.2, 0) is 5.41 Å². The van der Waals surface area contributed by atoms with Gasteiger partial charge in [-0.2, -0.15) is 0 Å². The predicted molar refractivity (Wildman–Crippen MR) is 154 cm³/mol. The molecule has 0 radical (unpaired) electrons.